The molecule has 1 aliphatic carbocycles. The summed E-state index contributed by atoms with van der Waals surface area (Å²) in [5.41, 5.74) is 7.46. The van der Waals surface area contributed by atoms with Crippen LogP contribution in [-0.4, -0.2) is 15.1 Å². The molecular weight excluding hydrogens is 254 g/mol. The van der Waals surface area contributed by atoms with Crippen molar-refractivity contribution in [3.05, 3.63) is 46.0 Å². The number of nitrogens with zero attached hydrogens (tertiary/aromatic N) is 1. The van der Waals surface area contributed by atoms with E-state index in [2.05, 4.69) is 9.97 Å². The van der Waals surface area contributed by atoms with Crippen LogP contribution in [0.25, 0.3) is 11.1 Å². The lowest BCUT2D eigenvalue weighted by atomic mass is 10.0. The van der Waals surface area contributed by atoms with Gasteiger partial charge >= 0.3 is 0 Å². The molecule has 0 spiro atoms. The van der Waals surface area contributed by atoms with Crippen LogP contribution >= 0.6 is 0 Å². The molecule has 0 saturated heterocycles. The average molecular weight is 271 g/mol. The summed E-state index contributed by atoms with van der Waals surface area (Å²) in [4.78, 5) is 19.0. The Balaban J connectivity index is 2.09. The highest BCUT2D eigenvalue weighted by Crippen LogP contribution is 2.38. The Kier molecular flexibility index (Phi) is 3.06. The van der Waals surface area contributed by atoms with Gasteiger partial charge in [0.2, 0.25) is 5.88 Å². The Labute approximate surface area is 116 Å². The van der Waals surface area contributed by atoms with Gasteiger partial charge < -0.3 is 15.8 Å². The van der Waals surface area contributed by atoms with Gasteiger partial charge in [-0.05, 0) is 36.8 Å². The van der Waals surface area contributed by atoms with Crippen LogP contribution in [0, 0.1) is 12.8 Å². The number of H-pyrrole nitrogens is 1. The summed E-state index contributed by atoms with van der Waals surface area (Å²) in [7, 11) is 0. The molecule has 5 heteroatoms. The topological polar surface area (TPSA) is 92.0 Å². The van der Waals surface area contributed by atoms with Crippen LogP contribution in [0.1, 0.15) is 30.3 Å². The third-order valence-corrected chi connectivity index (χ3v) is 3.78. The first-order valence-electron chi connectivity index (χ1n) is 6.72. The minimum absolute atomic E-state index is 0.204. The number of hydrogen-bond acceptors (Lipinski definition) is 4. The van der Waals surface area contributed by atoms with E-state index < -0.39 is 0 Å². The highest BCUT2D eigenvalue weighted by molar-refractivity contribution is 5.70. The van der Waals surface area contributed by atoms with Crippen molar-refractivity contribution in [2.75, 3.05) is 0 Å². The Morgan fingerprint density at radius 1 is 1.40 bits per heavy atom. The van der Waals surface area contributed by atoms with E-state index >= 15 is 0 Å². The largest absolute Gasteiger partial charge is 0.493 e. The van der Waals surface area contributed by atoms with Crippen molar-refractivity contribution in [3.8, 4) is 17.0 Å². The maximum Gasteiger partial charge on any atom is 0.262 e. The first kappa shape index (κ1) is 12.9. The highest BCUT2D eigenvalue weighted by Gasteiger charge is 2.31. The number of nitrogens with one attached hydrogen (secondary N) is 1. The van der Waals surface area contributed by atoms with Gasteiger partial charge in [0.05, 0.1) is 6.04 Å². The number of nitrogens with two attached hydrogens (primary N) is 1. The summed E-state index contributed by atoms with van der Waals surface area (Å²) < 4.78 is 0. The molecule has 4 N–H and O–H groups in total. The second-order valence-electron chi connectivity index (χ2n) is 5.33. The first-order valence-corrected chi connectivity index (χ1v) is 6.72. The molecule has 1 unspecified atom stereocenters. The van der Waals surface area contributed by atoms with Gasteiger partial charge in [0.25, 0.3) is 5.56 Å². The fraction of sp³-hybridized carbons (Fsp3) is 0.333. The normalized spacial score (nSPS) is 16.1. The zero-order valence-electron chi connectivity index (χ0n) is 11.3. The number of aromatic hydroxyl groups is 1. The van der Waals surface area contributed by atoms with Crippen LogP contribution in [0.5, 0.6) is 5.88 Å². The van der Waals surface area contributed by atoms with Gasteiger partial charge in [0, 0.05) is 0 Å². The Bertz CT molecular complexity index is 705. The molecule has 5 nitrogen and oxygen atoms in total. The van der Waals surface area contributed by atoms with Gasteiger partial charge in [0.1, 0.15) is 11.4 Å². The lowest BCUT2D eigenvalue weighted by Gasteiger charge is -2.12. The van der Waals surface area contributed by atoms with Crippen molar-refractivity contribution in [3.63, 3.8) is 0 Å². The van der Waals surface area contributed by atoms with Crippen molar-refractivity contribution < 1.29 is 5.11 Å². The van der Waals surface area contributed by atoms with Crippen LogP contribution in [0.4, 0.5) is 0 Å². The quantitative estimate of drug-likeness (QED) is 0.794. The predicted octanol–water partition coefficient (Wildman–Crippen LogP) is 1.86. The lowest BCUT2D eigenvalue weighted by molar-refractivity contribution is 0.443. The monoisotopic (exact) mass is 271 g/mol. The number of benzene rings is 1. The molecule has 1 aliphatic rings. The fourth-order valence-corrected chi connectivity index (χ4v) is 2.41. The summed E-state index contributed by atoms with van der Waals surface area (Å²) in [5.74, 6) is 0.475. The van der Waals surface area contributed by atoms with E-state index in [-0.39, 0.29) is 23.0 Å². The molecule has 0 bridgehead atoms. The lowest BCUT2D eigenvalue weighted by Crippen LogP contribution is -2.22. The Hall–Kier alpha value is -2.14. The Morgan fingerprint density at radius 2 is 2.10 bits per heavy atom. The molecule has 20 heavy (non-hydrogen) atoms. The van der Waals surface area contributed by atoms with Gasteiger partial charge in [-0.2, -0.15) is 4.98 Å². The maximum atomic E-state index is 12.2. The smallest absolute Gasteiger partial charge is 0.262 e. The summed E-state index contributed by atoms with van der Waals surface area (Å²) in [5, 5.41) is 10.1. The molecule has 1 heterocycles. The molecule has 0 radical (unpaired) electrons. The molecule has 1 fully saturated rings. The summed E-state index contributed by atoms with van der Waals surface area (Å²) in [6, 6.07) is 7.08. The van der Waals surface area contributed by atoms with Crippen molar-refractivity contribution in [2.24, 2.45) is 11.7 Å². The fourth-order valence-electron chi connectivity index (χ4n) is 2.41. The minimum Gasteiger partial charge on any atom is -0.493 e. The standard InChI is InChI=1S/C15H17N3O2/c1-8-4-2-3-5-10(8)11-14(19)17-13(18-15(11)20)12(16)9-6-7-9/h2-5,9,12H,6-7,16H2,1H3,(H2,17,18,19,20). The van der Waals surface area contributed by atoms with E-state index in [1.165, 1.54) is 0 Å². The molecule has 0 aliphatic heterocycles. The molecule has 0 amide bonds. The Morgan fingerprint density at radius 3 is 2.70 bits per heavy atom. The average Bonchev–Trinajstić information content (AvgIpc) is 3.23. The minimum atomic E-state index is -0.349. The number of hydrogen-bond donors (Lipinski definition) is 3. The van der Waals surface area contributed by atoms with E-state index in [4.69, 9.17) is 5.73 Å². The van der Waals surface area contributed by atoms with Crippen LogP contribution in [0.2, 0.25) is 0 Å². The third kappa shape index (κ3) is 2.20. The molecular formula is C15H17N3O2. The van der Waals surface area contributed by atoms with Crippen molar-refractivity contribution in [1.82, 2.24) is 9.97 Å². The molecule has 1 atom stereocenters. The van der Waals surface area contributed by atoms with Crippen molar-refractivity contribution in [1.29, 1.82) is 0 Å². The van der Waals surface area contributed by atoms with Crippen LogP contribution < -0.4 is 11.3 Å². The second kappa shape index (κ2) is 4.76. The molecule has 104 valence electrons. The van der Waals surface area contributed by atoms with E-state index in [0.717, 1.165) is 18.4 Å². The van der Waals surface area contributed by atoms with Gasteiger partial charge in [-0.1, -0.05) is 24.3 Å². The summed E-state index contributed by atoms with van der Waals surface area (Å²) >= 11 is 0. The zero-order chi connectivity index (χ0) is 14.3. The van der Waals surface area contributed by atoms with E-state index in [1.807, 2.05) is 25.1 Å². The van der Waals surface area contributed by atoms with Crippen LogP contribution in [-0.2, 0) is 0 Å². The van der Waals surface area contributed by atoms with Crippen LogP contribution in [0.15, 0.2) is 29.1 Å². The van der Waals surface area contributed by atoms with Crippen molar-refractivity contribution >= 4 is 0 Å². The van der Waals surface area contributed by atoms with Crippen LogP contribution in [0.3, 0.4) is 0 Å². The molecule has 1 aromatic carbocycles. The highest BCUT2D eigenvalue weighted by atomic mass is 16.3. The predicted molar refractivity (Wildman–Crippen MR) is 76.3 cm³/mol. The number of aromatic amines is 1. The second-order valence-corrected chi connectivity index (χ2v) is 5.33. The van der Waals surface area contributed by atoms with Gasteiger partial charge in [0.15, 0.2) is 0 Å². The molecule has 2 aromatic rings. The molecule has 3 rings (SSSR count). The van der Waals surface area contributed by atoms with E-state index in [1.54, 1.807) is 6.07 Å². The van der Waals surface area contributed by atoms with E-state index in [9.17, 15) is 9.90 Å². The summed E-state index contributed by atoms with van der Waals surface area (Å²) in [6.07, 6.45) is 2.09. The van der Waals surface area contributed by atoms with E-state index in [0.29, 0.717) is 17.3 Å². The SMILES string of the molecule is Cc1ccccc1-c1c(O)nc(C(N)C2CC2)[nH]c1=O. The third-order valence-electron chi connectivity index (χ3n) is 3.78. The van der Waals surface area contributed by atoms with Crippen molar-refractivity contribution in [2.45, 2.75) is 25.8 Å². The number of rotatable bonds is 3. The zero-order valence-corrected chi connectivity index (χ0v) is 11.3. The maximum absolute atomic E-state index is 12.2. The van der Waals surface area contributed by atoms with Gasteiger partial charge in [-0.15, -0.1) is 0 Å². The number of aromatic nitrogens is 2. The number of aryl methyl sites for hydroxylation is 1. The molecule has 1 saturated carbocycles. The van der Waals surface area contributed by atoms with Gasteiger partial charge in [-0.25, -0.2) is 0 Å². The molecule has 1 aromatic heterocycles. The van der Waals surface area contributed by atoms with Gasteiger partial charge in [-0.3, -0.25) is 4.79 Å². The summed E-state index contributed by atoms with van der Waals surface area (Å²) in [6.45, 7) is 1.89. The first-order chi connectivity index (χ1) is 9.58.